The Hall–Kier alpha value is -0.690. The number of benzene rings is 1. The van der Waals surface area contributed by atoms with Gasteiger partial charge < -0.3 is 5.11 Å². The number of aliphatic hydroxyl groups excluding tert-OH is 1. The first-order valence-corrected chi connectivity index (χ1v) is 7.86. The molecule has 0 atom stereocenters. The van der Waals surface area contributed by atoms with Crippen LogP contribution in [0.2, 0.25) is 5.02 Å². The van der Waals surface area contributed by atoms with Crippen LogP contribution in [0.25, 0.3) is 0 Å². The molecule has 0 unspecified atom stereocenters. The lowest BCUT2D eigenvalue weighted by atomic mass is 9.93. The standard InChI is InChI=1S/C12H15ClFNO3S/c13-11-8-9(14)4-5-12(11)19(17,18)15(6-7-16)10-2-1-3-10/h4-5,8,10,16H,1-3,6-7H2. The van der Waals surface area contributed by atoms with Gasteiger partial charge in [0.2, 0.25) is 10.0 Å². The van der Waals surface area contributed by atoms with Gasteiger partial charge in [-0.3, -0.25) is 0 Å². The Morgan fingerprint density at radius 2 is 2.11 bits per heavy atom. The van der Waals surface area contributed by atoms with Crippen molar-refractivity contribution in [3.05, 3.63) is 29.0 Å². The molecule has 0 radical (unpaired) electrons. The number of hydrogen-bond donors (Lipinski definition) is 1. The van der Waals surface area contributed by atoms with E-state index in [4.69, 9.17) is 16.7 Å². The second-order valence-corrected chi connectivity index (χ2v) is 6.77. The summed E-state index contributed by atoms with van der Waals surface area (Å²) in [6, 6.07) is 3.11. The van der Waals surface area contributed by atoms with Gasteiger partial charge in [0.25, 0.3) is 0 Å². The first-order valence-electron chi connectivity index (χ1n) is 6.04. The van der Waals surface area contributed by atoms with Gasteiger partial charge >= 0.3 is 0 Å². The van der Waals surface area contributed by atoms with Crippen molar-refractivity contribution < 1.29 is 17.9 Å². The van der Waals surface area contributed by atoms with Crippen LogP contribution >= 0.6 is 11.6 Å². The van der Waals surface area contributed by atoms with Crippen molar-refractivity contribution in [2.24, 2.45) is 0 Å². The average molecular weight is 308 g/mol. The van der Waals surface area contributed by atoms with Gasteiger partial charge in [0.05, 0.1) is 11.6 Å². The molecule has 106 valence electrons. The molecule has 1 saturated carbocycles. The normalized spacial score (nSPS) is 16.6. The van der Waals surface area contributed by atoms with Gasteiger partial charge in [0, 0.05) is 12.6 Å². The van der Waals surface area contributed by atoms with E-state index in [1.165, 1.54) is 4.31 Å². The van der Waals surface area contributed by atoms with Crippen LogP contribution in [0.1, 0.15) is 19.3 Å². The van der Waals surface area contributed by atoms with Gasteiger partial charge in [-0.25, -0.2) is 12.8 Å². The molecule has 4 nitrogen and oxygen atoms in total. The van der Waals surface area contributed by atoms with Crippen LogP contribution in [-0.2, 0) is 10.0 Å². The van der Waals surface area contributed by atoms with Crippen LogP contribution in [0.3, 0.4) is 0 Å². The van der Waals surface area contributed by atoms with E-state index in [9.17, 15) is 12.8 Å². The van der Waals surface area contributed by atoms with E-state index >= 15 is 0 Å². The molecule has 1 aromatic carbocycles. The molecule has 0 aromatic heterocycles. The van der Waals surface area contributed by atoms with E-state index in [1.807, 2.05) is 0 Å². The van der Waals surface area contributed by atoms with Crippen LogP contribution in [0.4, 0.5) is 4.39 Å². The van der Waals surface area contributed by atoms with Gasteiger partial charge in [-0.2, -0.15) is 4.31 Å². The number of hydrogen-bond acceptors (Lipinski definition) is 3. The highest BCUT2D eigenvalue weighted by Gasteiger charge is 2.35. The highest BCUT2D eigenvalue weighted by Crippen LogP contribution is 2.32. The Morgan fingerprint density at radius 3 is 2.58 bits per heavy atom. The summed E-state index contributed by atoms with van der Waals surface area (Å²) in [6.07, 6.45) is 2.52. The maximum Gasteiger partial charge on any atom is 0.244 e. The van der Waals surface area contributed by atoms with Crippen LogP contribution in [0.15, 0.2) is 23.1 Å². The number of aliphatic hydroxyl groups is 1. The number of nitrogens with zero attached hydrogens (tertiary/aromatic N) is 1. The fourth-order valence-corrected chi connectivity index (χ4v) is 4.27. The zero-order valence-electron chi connectivity index (χ0n) is 10.2. The first-order chi connectivity index (χ1) is 8.96. The predicted octanol–water partition coefficient (Wildman–Crippen LogP) is 2.01. The van der Waals surface area contributed by atoms with Gasteiger partial charge in [0.15, 0.2) is 0 Å². The lowest BCUT2D eigenvalue weighted by Gasteiger charge is -2.36. The maximum absolute atomic E-state index is 13.0. The van der Waals surface area contributed by atoms with Crippen molar-refractivity contribution >= 4 is 21.6 Å². The Morgan fingerprint density at radius 1 is 1.42 bits per heavy atom. The van der Waals surface area contributed by atoms with E-state index < -0.39 is 15.8 Å². The molecule has 1 aliphatic rings. The highest BCUT2D eigenvalue weighted by molar-refractivity contribution is 7.89. The molecule has 2 rings (SSSR count). The maximum atomic E-state index is 13.0. The van der Waals surface area contributed by atoms with E-state index in [1.54, 1.807) is 0 Å². The lowest BCUT2D eigenvalue weighted by molar-refractivity contribution is 0.178. The fraction of sp³-hybridized carbons (Fsp3) is 0.500. The molecule has 1 fully saturated rings. The molecule has 1 N–H and O–H groups in total. The number of rotatable bonds is 5. The smallest absolute Gasteiger partial charge is 0.244 e. The third kappa shape index (κ3) is 2.91. The number of sulfonamides is 1. The van der Waals surface area contributed by atoms with E-state index in [-0.39, 0.29) is 29.1 Å². The molecular weight excluding hydrogens is 293 g/mol. The number of halogens is 2. The fourth-order valence-electron chi connectivity index (χ4n) is 2.08. The Balaban J connectivity index is 2.38. The third-order valence-corrected chi connectivity index (χ3v) is 5.72. The minimum Gasteiger partial charge on any atom is -0.395 e. The van der Waals surface area contributed by atoms with Gasteiger partial charge in [-0.05, 0) is 31.0 Å². The van der Waals surface area contributed by atoms with Crippen molar-refractivity contribution in [1.29, 1.82) is 0 Å². The van der Waals surface area contributed by atoms with Crippen LogP contribution in [0, 0.1) is 5.82 Å². The van der Waals surface area contributed by atoms with Crippen LogP contribution in [0.5, 0.6) is 0 Å². The summed E-state index contributed by atoms with van der Waals surface area (Å²) in [4.78, 5) is -0.115. The van der Waals surface area contributed by atoms with Crippen molar-refractivity contribution in [3.63, 3.8) is 0 Å². The highest BCUT2D eigenvalue weighted by atomic mass is 35.5. The van der Waals surface area contributed by atoms with E-state index in [0.29, 0.717) is 0 Å². The molecule has 1 aliphatic carbocycles. The summed E-state index contributed by atoms with van der Waals surface area (Å²) in [5.74, 6) is -0.582. The SMILES string of the molecule is O=S(=O)(c1ccc(F)cc1Cl)N(CCO)C1CCC1. The Kier molecular flexibility index (Phi) is 4.45. The van der Waals surface area contributed by atoms with E-state index in [2.05, 4.69) is 0 Å². The molecule has 7 heteroatoms. The molecular formula is C12H15ClFNO3S. The largest absolute Gasteiger partial charge is 0.395 e. The lowest BCUT2D eigenvalue weighted by Crippen LogP contribution is -2.45. The second-order valence-electron chi connectivity index (χ2n) is 4.50. The minimum atomic E-state index is -3.80. The summed E-state index contributed by atoms with van der Waals surface area (Å²) in [6.45, 7) is -0.227. The van der Waals surface area contributed by atoms with Crippen LogP contribution < -0.4 is 0 Å². The minimum absolute atomic E-state index is 0.0285. The molecule has 0 amide bonds. The molecule has 0 saturated heterocycles. The molecule has 1 aromatic rings. The average Bonchev–Trinajstić information content (AvgIpc) is 2.25. The summed E-state index contributed by atoms with van der Waals surface area (Å²) in [5.41, 5.74) is 0. The summed E-state index contributed by atoms with van der Waals surface area (Å²) in [5, 5.41) is 8.89. The Bertz CT molecular complexity index is 560. The van der Waals surface area contributed by atoms with Crippen molar-refractivity contribution in [1.82, 2.24) is 4.31 Å². The zero-order chi connectivity index (χ0) is 14.0. The molecule has 0 heterocycles. The van der Waals surface area contributed by atoms with Gasteiger partial charge in [0.1, 0.15) is 10.7 Å². The zero-order valence-corrected chi connectivity index (χ0v) is 11.8. The van der Waals surface area contributed by atoms with Gasteiger partial charge in [-0.15, -0.1) is 0 Å². The second kappa shape index (κ2) is 5.75. The van der Waals surface area contributed by atoms with Gasteiger partial charge in [-0.1, -0.05) is 18.0 Å². The van der Waals surface area contributed by atoms with Crippen molar-refractivity contribution in [2.45, 2.75) is 30.2 Å². The molecule has 0 aliphatic heterocycles. The van der Waals surface area contributed by atoms with Crippen molar-refractivity contribution in [2.75, 3.05) is 13.2 Å². The molecule has 0 spiro atoms. The first kappa shape index (κ1) is 14.7. The molecule has 0 bridgehead atoms. The predicted molar refractivity (Wildman–Crippen MR) is 70.0 cm³/mol. The Labute approximate surface area is 116 Å². The third-order valence-electron chi connectivity index (χ3n) is 3.28. The topological polar surface area (TPSA) is 57.6 Å². The monoisotopic (exact) mass is 307 g/mol. The summed E-state index contributed by atoms with van der Waals surface area (Å²) < 4.78 is 39.2. The quantitative estimate of drug-likeness (QED) is 0.905. The van der Waals surface area contributed by atoms with Crippen molar-refractivity contribution in [3.8, 4) is 0 Å². The van der Waals surface area contributed by atoms with Crippen LogP contribution in [-0.4, -0.2) is 37.0 Å². The summed E-state index contributed by atoms with van der Waals surface area (Å²) >= 11 is 5.82. The summed E-state index contributed by atoms with van der Waals surface area (Å²) in [7, 11) is -3.80. The molecule has 19 heavy (non-hydrogen) atoms. The van der Waals surface area contributed by atoms with E-state index in [0.717, 1.165) is 37.5 Å².